The summed E-state index contributed by atoms with van der Waals surface area (Å²) < 4.78 is 13.2. The molecule has 0 unspecified atom stereocenters. The number of hydrogen-bond acceptors (Lipinski definition) is 2. The van der Waals surface area contributed by atoms with Crippen LogP contribution in [0.5, 0.6) is 0 Å². The number of halogens is 1. The maximum Gasteiger partial charge on any atom is 0.487 e. The van der Waals surface area contributed by atoms with E-state index < -0.39 is 0 Å². The van der Waals surface area contributed by atoms with Crippen LogP contribution in [0.2, 0.25) is 0 Å². The van der Waals surface area contributed by atoms with E-state index in [1.165, 1.54) is 11.1 Å². The largest absolute Gasteiger partial charge is 0.487 e. The molecule has 1 heterocycles. The smallest absolute Gasteiger partial charge is 0.400 e. The Hall–Kier alpha value is -0.575. The normalized spacial score (nSPS) is 21.3. The molecule has 20 heavy (non-hydrogen) atoms. The molecule has 1 saturated heterocycles. The molecule has 1 aliphatic heterocycles. The van der Waals surface area contributed by atoms with E-state index in [0.29, 0.717) is 0 Å². The molecule has 1 aromatic carbocycles. The summed E-state index contributed by atoms with van der Waals surface area (Å²) in [6, 6.07) is 8.32. The van der Waals surface area contributed by atoms with Crippen molar-refractivity contribution in [1.29, 1.82) is 0 Å². The van der Waals surface area contributed by atoms with Gasteiger partial charge in [-0.05, 0) is 57.4 Å². The highest BCUT2D eigenvalue weighted by Gasteiger charge is 2.50. The van der Waals surface area contributed by atoms with Gasteiger partial charge in [0.05, 0.1) is 11.2 Å². The van der Waals surface area contributed by atoms with E-state index in [4.69, 9.17) is 9.31 Å². The summed E-state index contributed by atoms with van der Waals surface area (Å²) >= 11 is 3.52. The van der Waals surface area contributed by atoms with Crippen LogP contribution in [0.1, 0.15) is 46.6 Å². The standard InChI is InChI=1S/C16H22BBrO2/c1-6-12(13-8-7-9-14(18)10-13)11-17-19-15(2,3)16(4,5)20-17/h7-11H,6H2,1-5H3/b12-11-. The molecule has 0 saturated carbocycles. The zero-order valence-corrected chi connectivity index (χ0v) is 14.5. The summed E-state index contributed by atoms with van der Waals surface area (Å²) in [6.07, 6.45) is 0.945. The lowest BCUT2D eigenvalue weighted by atomic mass is 9.84. The van der Waals surface area contributed by atoms with Gasteiger partial charge >= 0.3 is 7.12 Å². The summed E-state index contributed by atoms with van der Waals surface area (Å²) in [5.41, 5.74) is 1.87. The first-order valence-electron chi connectivity index (χ1n) is 7.07. The minimum atomic E-state index is -0.287. The van der Waals surface area contributed by atoms with Gasteiger partial charge in [-0.2, -0.15) is 0 Å². The Morgan fingerprint density at radius 2 is 1.80 bits per heavy atom. The average Bonchev–Trinajstić information content (AvgIpc) is 2.54. The highest BCUT2D eigenvalue weighted by atomic mass is 79.9. The van der Waals surface area contributed by atoms with Crippen molar-refractivity contribution in [2.24, 2.45) is 0 Å². The topological polar surface area (TPSA) is 18.5 Å². The lowest BCUT2D eigenvalue weighted by molar-refractivity contribution is 0.00578. The van der Waals surface area contributed by atoms with Crippen LogP contribution in [0, 0.1) is 0 Å². The molecule has 0 bridgehead atoms. The van der Waals surface area contributed by atoms with Crippen molar-refractivity contribution < 1.29 is 9.31 Å². The number of rotatable bonds is 3. The zero-order chi connectivity index (χ0) is 15.0. The Morgan fingerprint density at radius 3 is 2.30 bits per heavy atom. The first kappa shape index (κ1) is 15.8. The van der Waals surface area contributed by atoms with Gasteiger partial charge in [0.15, 0.2) is 0 Å². The van der Waals surface area contributed by atoms with Crippen molar-refractivity contribution in [3.8, 4) is 0 Å². The molecule has 2 rings (SSSR count). The summed E-state index contributed by atoms with van der Waals surface area (Å²) in [6.45, 7) is 10.5. The fraction of sp³-hybridized carbons (Fsp3) is 0.500. The molecule has 0 spiro atoms. The fourth-order valence-electron chi connectivity index (χ4n) is 2.23. The molecular formula is C16H22BBrO2. The fourth-order valence-corrected chi connectivity index (χ4v) is 2.63. The molecule has 4 heteroatoms. The molecule has 0 aliphatic carbocycles. The molecule has 2 nitrogen and oxygen atoms in total. The Labute approximate surface area is 130 Å². The SMILES string of the molecule is CC/C(=C/B1OC(C)(C)C(C)(C)O1)c1cccc(Br)c1. The van der Waals surface area contributed by atoms with E-state index in [1.54, 1.807) is 0 Å². The minimum absolute atomic E-state index is 0.283. The van der Waals surface area contributed by atoms with Gasteiger partial charge in [-0.25, -0.2) is 0 Å². The van der Waals surface area contributed by atoms with Crippen molar-refractivity contribution in [2.75, 3.05) is 0 Å². The maximum absolute atomic E-state index is 6.04. The predicted octanol–water partition coefficient (Wildman–Crippen LogP) is 4.87. The van der Waals surface area contributed by atoms with E-state index in [9.17, 15) is 0 Å². The minimum Gasteiger partial charge on any atom is -0.400 e. The monoisotopic (exact) mass is 336 g/mol. The van der Waals surface area contributed by atoms with Crippen molar-refractivity contribution in [2.45, 2.75) is 52.2 Å². The van der Waals surface area contributed by atoms with Gasteiger partial charge in [-0.15, -0.1) is 0 Å². The second-order valence-electron chi connectivity index (χ2n) is 6.18. The first-order chi connectivity index (χ1) is 9.25. The quantitative estimate of drug-likeness (QED) is 0.733. The van der Waals surface area contributed by atoms with Gasteiger partial charge in [0.1, 0.15) is 0 Å². The molecule has 1 aromatic rings. The molecule has 1 fully saturated rings. The highest BCUT2D eigenvalue weighted by Crippen LogP contribution is 2.37. The Bertz CT molecular complexity index is 507. The maximum atomic E-state index is 6.04. The van der Waals surface area contributed by atoms with Gasteiger partial charge in [0, 0.05) is 4.47 Å². The molecule has 0 amide bonds. The van der Waals surface area contributed by atoms with Crippen LogP contribution < -0.4 is 0 Å². The predicted molar refractivity (Wildman–Crippen MR) is 88.5 cm³/mol. The van der Waals surface area contributed by atoms with Crippen LogP contribution in [0.25, 0.3) is 5.57 Å². The van der Waals surface area contributed by atoms with Crippen molar-refractivity contribution >= 4 is 28.6 Å². The summed E-state index contributed by atoms with van der Waals surface area (Å²) in [7, 11) is -0.283. The first-order valence-corrected chi connectivity index (χ1v) is 7.87. The Kier molecular flexibility index (Phi) is 4.48. The number of hydrogen-bond donors (Lipinski definition) is 0. The van der Waals surface area contributed by atoms with E-state index >= 15 is 0 Å². The van der Waals surface area contributed by atoms with Crippen LogP contribution in [0.4, 0.5) is 0 Å². The molecule has 108 valence electrons. The molecule has 0 N–H and O–H groups in total. The Balaban J connectivity index is 2.25. The highest BCUT2D eigenvalue weighted by molar-refractivity contribution is 9.10. The molecule has 0 radical (unpaired) electrons. The number of benzene rings is 1. The van der Waals surface area contributed by atoms with Crippen LogP contribution in [-0.2, 0) is 9.31 Å². The Morgan fingerprint density at radius 1 is 1.20 bits per heavy atom. The van der Waals surface area contributed by atoms with Crippen LogP contribution >= 0.6 is 15.9 Å². The van der Waals surface area contributed by atoms with E-state index in [1.807, 2.05) is 12.1 Å². The summed E-state index contributed by atoms with van der Waals surface area (Å²) in [5, 5.41) is 0. The molecule has 1 aliphatic rings. The van der Waals surface area contributed by atoms with Crippen LogP contribution in [0.15, 0.2) is 34.7 Å². The third-order valence-electron chi connectivity index (χ3n) is 4.19. The van der Waals surface area contributed by atoms with Gasteiger partial charge in [0.25, 0.3) is 0 Å². The molecule has 0 atom stereocenters. The lowest BCUT2D eigenvalue weighted by Gasteiger charge is -2.32. The average molecular weight is 337 g/mol. The van der Waals surface area contributed by atoms with Gasteiger partial charge in [0.2, 0.25) is 0 Å². The third-order valence-corrected chi connectivity index (χ3v) is 4.68. The molecule has 0 aromatic heterocycles. The summed E-state index contributed by atoms with van der Waals surface area (Å²) in [5.74, 6) is 2.10. The van der Waals surface area contributed by atoms with E-state index in [-0.39, 0.29) is 18.3 Å². The zero-order valence-electron chi connectivity index (χ0n) is 12.9. The van der Waals surface area contributed by atoms with E-state index in [2.05, 4.69) is 68.7 Å². The molecular weight excluding hydrogens is 315 g/mol. The second-order valence-corrected chi connectivity index (χ2v) is 7.10. The van der Waals surface area contributed by atoms with Gasteiger partial charge in [-0.3, -0.25) is 0 Å². The number of allylic oxidation sites excluding steroid dienone is 1. The van der Waals surface area contributed by atoms with Gasteiger partial charge < -0.3 is 9.31 Å². The van der Waals surface area contributed by atoms with Crippen molar-refractivity contribution in [1.82, 2.24) is 0 Å². The van der Waals surface area contributed by atoms with E-state index in [0.717, 1.165) is 10.9 Å². The van der Waals surface area contributed by atoms with Crippen LogP contribution in [0.3, 0.4) is 0 Å². The summed E-state index contributed by atoms with van der Waals surface area (Å²) in [4.78, 5) is 0. The third kappa shape index (κ3) is 3.18. The van der Waals surface area contributed by atoms with Crippen molar-refractivity contribution in [3.63, 3.8) is 0 Å². The van der Waals surface area contributed by atoms with Crippen LogP contribution in [-0.4, -0.2) is 18.3 Å². The van der Waals surface area contributed by atoms with Crippen molar-refractivity contribution in [3.05, 3.63) is 40.3 Å². The second kappa shape index (κ2) is 5.66. The van der Waals surface area contributed by atoms with Gasteiger partial charge in [-0.1, -0.05) is 41.0 Å². The lowest BCUT2D eigenvalue weighted by Crippen LogP contribution is -2.41.